The van der Waals surface area contributed by atoms with Gasteiger partial charge in [-0.3, -0.25) is 0 Å². The van der Waals surface area contributed by atoms with E-state index in [2.05, 4.69) is 4.98 Å². The first-order valence-electron chi connectivity index (χ1n) is 9.41. The molecule has 0 spiro atoms. The lowest BCUT2D eigenvalue weighted by Crippen LogP contribution is -2.15. The molecule has 0 aliphatic carbocycles. The summed E-state index contributed by atoms with van der Waals surface area (Å²) in [6, 6.07) is 20.3. The smallest absolute Gasteiger partial charge is 0.354 e. The number of alkyl halides is 3. The number of halogens is 4. The van der Waals surface area contributed by atoms with Crippen molar-refractivity contribution in [3.63, 3.8) is 0 Å². The van der Waals surface area contributed by atoms with Crippen LogP contribution in [0.25, 0.3) is 22.2 Å². The molecule has 1 heterocycles. The Bertz CT molecular complexity index is 1330. The van der Waals surface area contributed by atoms with Crippen LogP contribution in [0, 0.1) is 0 Å². The van der Waals surface area contributed by atoms with Crippen molar-refractivity contribution in [3.05, 3.63) is 90.0 Å². The van der Waals surface area contributed by atoms with Gasteiger partial charge in [-0.1, -0.05) is 66.7 Å². The number of benzene rings is 3. The zero-order valence-electron chi connectivity index (χ0n) is 16.0. The van der Waals surface area contributed by atoms with E-state index >= 15 is 0 Å². The molecule has 0 amide bonds. The van der Waals surface area contributed by atoms with E-state index < -0.39 is 33.6 Å². The molecule has 0 aliphatic heterocycles. The molecule has 4 rings (SSSR count). The van der Waals surface area contributed by atoms with Crippen molar-refractivity contribution in [2.75, 3.05) is 0 Å². The van der Waals surface area contributed by atoms with E-state index in [0.29, 0.717) is 16.5 Å². The normalized spacial score (nSPS) is 13.4. The first-order valence-corrected chi connectivity index (χ1v) is 10.8. The highest BCUT2D eigenvalue weighted by atomic mass is 32.3. The summed E-state index contributed by atoms with van der Waals surface area (Å²) in [6.07, 6.45) is -5.64. The molecule has 160 valence electrons. The van der Waals surface area contributed by atoms with E-state index in [1.54, 1.807) is 54.6 Å². The van der Waals surface area contributed by atoms with Crippen LogP contribution in [0.15, 0.2) is 83.8 Å². The van der Waals surface area contributed by atoms with E-state index in [1.807, 2.05) is 0 Å². The summed E-state index contributed by atoms with van der Waals surface area (Å²) in [5.41, 5.74) is 1.36. The zero-order valence-corrected chi connectivity index (χ0v) is 16.8. The molecule has 1 unspecified atom stereocenters. The number of aromatic amines is 1. The molecule has 31 heavy (non-hydrogen) atoms. The molecule has 0 aliphatic rings. The zero-order chi connectivity index (χ0) is 22.2. The highest BCUT2D eigenvalue weighted by Crippen LogP contribution is 2.45. The number of nitrogens with one attached hydrogen (secondary N) is 1. The molecular formula is C23H17F4NO2S. The van der Waals surface area contributed by atoms with Gasteiger partial charge in [0.15, 0.2) is 0 Å². The van der Waals surface area contributed by atoms with Gasteiger partial charge in [0.05, 0.1) is 12.1 Å². The van der Waals surface area contributed by atoms with Gasteiger partial charge in [-0.2, -0.15) is 21.6 Å². The topological polar surface area (TPSA) is 49.9 Å². The summed E-state index contributed by atoms with van der Waals surface area (Å²) >= 11 is 0. The molecule has 4 aromatic rings. The standard InChI is InChI=1S/C23H17F4NO2S/c24-23(25,26)14-18(15-8-2-1-3-9-15)21-16-10-4-6-12-19(16)28-22(21)17-11-5-7-13-20(17)31(27,29)30/h1-13,18,28H,14H2. The van der Waals surface area contributed by atoms with E-state index in [1.165, 1.54) is 18.2 Å². The van der Waals surface area contributed by atoms with Gasteiger partial charge in [0.2, 0.25) is 0 Å². The molecule has 1 aromatic heterocycles. The molecule has 3 nitrogen and oxygen atoms in total. The lowest BCUT2D eigenvalue weighted by atomic mass is 9.85. The van der Waals surface area contributed by atoms with Gasteiger partial charge in [0.1, 0.15) is 4.90 Å². The second-order valence-electron chi connectivity index (χ2n) is 7.18. The highest BCUT2D eigenvalue weighted by molar-refractivity contribution is 7.86. The van der Waals surface area contributed by atoms with Crippen LogP contribution in [0.2, 0.25) is 0 Å². The van der Waals surface area contributed by atoms with Crippen LogP contribution in [0.3, 0.4) is 0 Å². The number of fused-ring (bicyclic) bond motifs is 1. The Balaban J connectivity index is 2.07. The maximum absolute atomic E-state index is 14.0. The molecular weight excluding hydrogens is 430 g/mol. The minimum atomic E-state index is -5.10. The Labute approximate surface area is 176 Å². The summed E-state index contributed by atoms with van der Waals surface area (Å²) in [7, 11) is -5.10. The van der Waals surface area contributed by atoms with Gasteiger partial charge >= 0.3 is 16.4 Å². The average Bonchev–Trinajstić information content (AvgIpc) is 3.11. The molecule has 1 N–H and O–H groups in total. The third-order valence-electron chi connectivity index (χ3n) is 5.15. The van der Waals surface area contributed by atoms with Crippen molar-refractivity contribution < 1.29 is 25.5 Å². The van der Waals surface area contributed by atoms with Crippen LogP contribution in [0.1, 0.15) is 23.5 Å². The van der Waals surface area contributed by atoms with E-state index in [-0.39, 0.29) is 16.8 Å². The van der Waals surface area contributed by atoms with Crippen LogP contribution in [0.5, 0.6) is 0 Å². The first-order chi connectivity index (χ1) is 14.6. The van der Waals surface area contributed by atoms with Crippen LogP contribution in [-0.2, 0) is 10.2 Å². The molecule has 0 saturated heterocycles. The monoisotopic (exact) mass is 447 g/mol. The van der Waals surface area contributed by atoms with Crippen molar-refractivity contribution in [3.8, 4) is 11.3 Å². The molecule has 0 saturated carbocycles. The Morgan fingerprint density at radius 1 is 0.839 bits per heavy atom. The number of hydrogen-bond donors (Lipinski definition) is 1. The van der Waals surface area contributed by atoms with Gasteiger partial charge in [-0.05, 0) is 23.3 Å². The minimum Gasteiger partial charge on any atom is -0.354 e. The second kappa shape index (κ2) is 7.85. The molecule has 1 atom stereocenters. The van der Waals surface area contributed by atoms with E-state index in [4.69, 9.17) is 0 Å². The fourth-order valence-corrected chi connectivity index (χ4v) is 4.60. The first kappa shape index (κ1) is 21.1. The summed E-state index contributed by atoms with van der Waals surface area (Å²) < 4.78 is 78.4. The van der Waals surface area contributed by atoms with Crippen molar-refractivity contribution in [1.29, 1.82) is 0 Å². The largest absolute Gasteiger partial charge is 0.390 e. The maximum atomic E-state index is 14.0. The van der Waals surface area contributed by atoms with Gasteiger partial charge in [0, 0.05) is 22.4 Å². The van der Waals surface area contributed by atoms with Gasteiger partial charge in [0.25, 0.3) is 0 Å². The van der Waals surface area contributed by atoms with Gasteiger partial charge in [-0.15, -0.1) is 3.89 Å². The number of hydrogen-bond acceptors (Lipinski definition) is 2. The predicted molar refractivity (Wildman–Crippen MR) is 111 cm³/mol. The number of aromatic nitrogens is 1. The lowest BCUT2D eigenvalue weighted by Gasteiger charge is -2.21. The van der Waals surface area contributed by atoms with Crippen molar-refractivity contribution in [2.24, 2.45) is 0 Å². The summed E-state index contributed by atoms with van der Waals surface area (Å²) in [4.78, 5) is 2.43. The third kappa shape index (κ3) is 4.34. The molecule has 0 bridgehead atoms. The van der Waals surface area contributed by atoms with E-state index in [0.717, 1.165) is 6.07 Å². The van der Waals surface area contributed by atoms with Gasteiger partial charge < -0.3 is 4.98 Å². The summed E-state index contributed by atoms with van der Waals surface area (Å²) in [5, 5.41) is 0.515. The third-order valence-corrected chi connectivity index (χ3v) is 6.03. The highest BCUT2D eigenvalue weighted by Gasteiger charge is 2.36. The van der Waals surface area contributed by atoms with Crippen LogP contribution in [-0.4, -0.2) is 19.6 Å². The summed E-state index contributed by atoms with van der Waals surface area (Å²) in [6.45, 7) is 0. The lowest BCUT2D eigenvalue weighted by molar-refractivity contribution is -0.136. The van der Waals surface area contributed by atoms with Crippen molar-refractivity contribution in [2.45, 2.75) is 23.4 Å². The summed E-state index contributed by atoms with van der Waals surface area (Å²) in [5.74, 6) is -1.12. The number of H-pyrrole nitrogens is 1. The predicted octanol–water partition coefficient (Wildman–Crippen LogP) is 6.58. The van der Waals surface area contributed by atoms with E-state index in [9.17, 15) is 25.5 Å². The van der Waals surface area contributed by atoms with Crippen LogP contribution < -0.4 is 0 Å². The molecule has 0 radical (unpaired) electrons. The molecule has 8 heteroatoms. The SMILES string of the molecule is O=S(=O)(F)c1ccccc1-c1[nH]c2ccccc2c1C(CC(F)(F)F)c1ccccc1. The van der Waals surface area contributed by atoms with Crippen LogP contribution >= 0.6 is 0 Å². The van der Waals surface area contributed by atoms with Crippen LogP contribution in [0.4, 0.5) is 17.1 Å². The number of rotatable bonds is 5. The van der Waals surface area contributed by atoms with Crippen molar-refractivity contribution in [1.82, 2.24) is 4.98 Å². The fraction of sp³-hybridized carbons (Fsp3) is 0.130. The van der Waals surface area contributed by atoms with Gasteiger partial charge in [-0.25, -0.2) is 0 Å². The Kier molecular flexibility index (Phi) is 5.35. The molecule has 0 fully saturated rings. The fourth-order valence-electron chi connectivity index (χ4n) is 3.93. The maximum Gasteiger partial charge on any atom is 0.390 e. The minimum absolute atomic E-state index is 0.0145. The van der Waals surface area contributed by atoms with Crippen molar-refractivity contribution >= 4 is 21.1 Å². The average molecular weight is 447 g/mol. The molecule has 3 aromatic carbocycles. The quantitative estimate of drug-likeness (QED) is 0.278. The Morgan fingerprint density at radius 2 is 1.45 bits per heavy atom. The Hall–Kier alpha value is -3.13. The second-order valence-corrected chi connectivity index (χ2v) is 8.49. The number of para-hydroxylation sites is 1. The Morgan fingerprint density at radius 3 is 2.13 bits per heavy atom.